The Labute approximate surface area is 133 Å². The van der Waals surface area contributed by atoms with Crippen molar-refractivity contribution in [1.82, 2.24) is 15.3 Å². The number of thiophene rings is 1. The van der Waals surface area contributed by atoms with Gasteiger partial charge in [-0.3, -0.25) is 4.99 Å². The van der Waals surface area contributed by atoms with Gasteiger partial charge in [0.25, 0.3) is 0 Å². The first-order valence-corrected chi connectivity index (χ1v) is 8.15. The number of nitrogens with one attached hydrogen (secondary N) is 1. The van der Waals surface area contributed by atoms with Gasteiger partial charge in [-0.05, 0) is 25.5 Å². The molecular weight excluding hydrogens is 292 g/mol. The summed E-state index contributed by atoms with van der Waals surface area (Å²) in [5, 5.41) is 4.43. The third-order valence-corrected chi connectivity index (χ3v) is 4.92. The molecule has 0 saturated carbocycles. The van der Waals surface area contributed by atoms with Crippen LogP contribution in [-0.4, -0.2) is 28.9 Å². The van der Waals surface area contributed by atoms with Crippen LogP contribution in [0.2, 0.25) is 0 Å². The van der Waals surface area contributed by atoms with Crippen LogP contribution in [0, 0.1) is 13.8 Å². The van der Waals surface area contributed by atoms with Gasteiger partial charge in [0.2, 0.25) is 0 Å². The predicted octanol–water partition coefficient (Wildman–Crippen LogP) is 3.32. The molecule has 3 heterocycles. The lowest BCUT2D eigenvalue weighted by Crippen LogP contribution is -2.18. The fourth-order valence-corrected chi connectivity index (χ4v) is 3.81. The molecule has 1 aliphatic heterocycles. The Hall–Kier alpha value is -2.27. The number of benzene rings is 1. The molecule has 0 saturated heterocycles. The fourth-order valence-electron chi connectivity index (χ4n) is 2.83. The molecule has 110 valence electrons. The SMILES string of the molecule is Cc1ccc(-c2ncnc3sc(C4=NCCN4)cc23)c(C)c1. The monoisotopic (exact) mass is 308 g/mol. The van der Waals surface area contributed by atoms with Gasteiger partial charge in [0, 0.05) is 17.5 Å². The van der Waals surface area contributed by atoms with Crippen molar-refractivity contribution in [2.75, 3.05) is 13.1 Å². The molecule has 3 aromatic rings. The number of rotatable bonds is 2. The van der Waals surface area contributed by atoms with Gasteiger partial charge in [-0.15, -0.1) is 11.3 Å². The van der Waals surface area contributed by atoms with Crippen LogP contribution >= 0.6 is 11.3 Å². The molecule has 0 aliphatic carbocycles. The Morgan fingerprint density at radius 2 is 2.05 bits per heavy atom. The molecule has 0 radical (unpaired) electrons. The van der Waals surface area contributed by atoms with Gasteiger partial charge in [0.15, 0.2) is 0 Å². The Balaban J connectivity index is 1.90. The van der Waals surface area contributed by atoms with Crippen LogP contribution in [0.5, 0.6) is 0 Å². The lowest BCUT2D eigenvalue weighted by Gasteiger charge is -2.07. The van der Waals surface area contributed by atoms with Crippen molar-refractivity contribution in [3.63, 3.8) is 0 Å². The quantitative estimate of drug-likeness (QED) is 0.790. The zero-order valence-corrected chi connectivity index (χ0v) is 13.4. The molecule has 4 nitrogen and oxygen atoms in total. The summed E-state index contributed by atoms with van der Waals surface area (Å²) in [6.45, 7) is 6.00. The standard InChI is InChI=1S/C17H16N4S/c1-10-3-4-12(11(2)7-10)15-13-8-14(16-18-5-6-19-16)22-17(13)21-9-20-15/h3-4,7-9H,5-6H2,1-2H3,(H,18,19). The van der Waals surface area contributed by atoms with Crippen molar-refractivity contribution in [2.24, 2.45) is 4.99 Å². The highest BCUT2D eigenvalue weighted by atomic mass is 32.1. The number of fused-ring (bicyclic) bond motifs is 1. The first kappa shape index (κ1) is 13.4. The highest BCUT2D eigenvalue weighted by Gasteiger charge is 2.16. The number of amidine groups is 1. The van der Waals surface area contributed by atoms with Crippen LogP contribution in [0.4, 0.5) is 0 Å². The zero-order valence-electron chi connectivity index (χ0n) is 12.6. The number of hydrogen-bond donors (Lipinski definition) is 1. The van der Waals surface area contributed by atoms with Crippen molar-refractivity contribution in [2.45, 2.75) is 13.8 Å². The van der Waals surface area contributed by atoms with E-state index in [1.54, 1.807) is 17.7 Å². The second kappa shape index (κ2) is 5.18. The van der Waals surface area contributed by atoms with E-state index in [-0.39, 0.29) is 0 Å². The molecule has 1 N–H and O–H groups in total. The van der Waals surface area contributed by atoms with Crippen molar-refractivity contribution in [3.05, 3.63) is 46.6 Å². The van der Waals surface area contributed by atoms with E-state index in [2.05, 4.69) is 58.4 Å². The molecule has 1 aliphatic rings. The minimum Gasteiger partial charge on any atom is -0.367 e. The minimum atomic E-state index is 0.846. The van der Waals surface area contributed by atoms with Crippen molar-refractivity contribution in [1.29, 1.82) is 0 Å². The Bertz CT molecular complexity index is 895. The topological polar surface area (TPSA) is 50.2 Å². The van der Waals surface area contributed by atoms with Crippen LogP contribution in [-0.2, 0) is 0 Å². The van der Waals surface area contributed by atoms with Crippen molar-refractivity contribution >= 4 is 27.4 Å². The average molecular weight is 308 g/mol. The lowest BCUT2D eigenvalue weighted by atomic mass is 10.0. The largest absolute Gasteiger partial charge is 0.367 e. The lowest BCUT2D eigenvalue weighted by molar-refractivity contribution is 0.960. The van der Waals surface area contributed by atoms with Gasteiger partial charge in [0.1, 0.15) is 17.0 Å². The van der Waals surface area contributed by atoms with Crippen LogP contribution in [0.3, 0.4) is 0 Å². The summed E-state index contributed by atoms with van der Waals surface area (Å²) in [5.74, 6) is 0.981. The van der Waals surface area contributed by atoms with Gasteiger partial charge in [-0.25, -0.2) is 9.97 Å². The third-order valence-electron chi connectivity index (χ3n) is 3.87. The van der Waals surface area contributed by atoms with E-state index in [9.17, 15) is 0 Å². The molecule has 0 spiro atoms. The summed E-state index contributed by atoms with van der Waals surface area (Å²) in [5.41, 5.74) is 4.68. The Morgan fingerprint density at radius 1 is 1.14 bits per heavy atom. The van der Waals surface area contributed by atoms with Crippen LogP contribution in [0.15, 0.2) is 35.6 Å². The van der Waals surface area contributed by atoms with Crippen molar-refractivity contribution < 1.29 is 0 Å². The number of aryl methyl sites for hydroxylation is 2. The molecule has 2 aromatic heterocycles. The molecule has 4 rings (SSSR count). The fraction of sp³-hybridized carbons (Fsp3) is 0.235. The number of aliphatic imine (C=N–C) groups is 1. The van der Waals surface area contributed by atoms with Gasteiger partial charge < -0.3 is 5.32 Å². The number of hydrogen-bond acceptors (Lipinski definition) is 5. The zero-order chi connectivity index (χ0) is 15.1. The van der Waals surface area contributed by atoms with Crippen LogP contribution in [0.1, 0.15) is 16.0 Å². The molecule has 0 bridgehead atoms. The maximum absolute atomic E-state index is 4.54. The maximum atomic E-state index is 4.54. The van der Waals surface area contributed by atoms with E-state index in [4.69, 9.17) is 0 Å². The summed E-state index contributed by atoms with van der Waals surface area (Å²) in [7, 11) is 0. The van der Waals surface area contributed by atoms with Crippen molar-refractivity contribution in [3.8, 4) is 11.3 Å². The van der Waals surface area contributed by atoms with Gasteiger partial charge in [0.05, 0.1) is 17.1 Å². The van der Waals surface area contributed by atoms with E-state index < -0.39 is 0 Å². The molecular formula is C17H16N4S. The van der Waals surface area contributed by atoms with E-state index in [1.165, 1.54) is 16.7 Å². The molecule has 22 heavy (non-hydrogen) atoms. The van der Waals surface area contributed by atoms with Gasteiger partial charge >= 0.3 is 0 Å². The third kappa shape index (κ3) is 2.18. The van der Waals surface area contributed by atoms with Crippen LogP contribution in [0.25, 0.3) is 21.5 Å². The van der Waals surface area contributed by atoms with Gasteiger partial charge in [-0.2, -0.15) is 0 Å². The Kier molecular flexibility index (Phi) is 3.15. The van der Waals surface area contributed by atoms with E-state index in [1.807, 2.05) is 0 Å². The van der Waals surface area contributed by atoms with Gasteiger partial charge in [-0.1, -0.05) is 23.8 Å². The second-order valence-corrected chi connectivity index (χ2v) is 6.56. The molecule has 1 aromatic carbocycles. The Morgan fingerprint density at radius 3 is 2.82 bits per heavy atom. The van der Waals surface area contributed by atoms with E-state index >= 15 is 0 Å². The molecule has 0 fully saturated rings. The highest BCUT2D eigenvalue weighted by Crippen LogP contribution is 2.33. The van der Waals surface area contributed by atoms with E-state index in [0.717, 1.165) is 39.7 Å². The molecule has 0 amide bonds. The summed E-state index contributed by atoms with van der Waals surface area (Å²) >= 11 is 1.67. The van der Waals surface area contributed by atoms with E-state index in [0.29, 0.717) is 0 Å². The highest BCUT2D eigenvalue weighted by molar-refractivity contribution is 7.20. The molecule has 0 atom stereocenters. The molecule has 0 unspecified atom stereocenters. The average Bonchev–Trinajstić information content (AvgIpc) is 3.16. The summed E-state index contributed by atoms with van der Waals surface area (Å²) in [6.07, 6.45) is 1.65. The first-order chi connectivity index (χ1) is 10.7. The summed E-state index contributed by atoms with van der Waals surface area (Å²) < 4.78 is 0. The number of nitrogens with zero attached hydrogens (tertiary/aromatic N) is 3. The summed E-state index contributed by atoms with van der Waals surface area (Å²) in [4.78, 5) is 15.6. The van der Waals surface area contributed by atoms with Crippen LogP contribution < -0.4 is 5.32 Å². The maximum Gasteiger partial charge on any atom is 0.138 e. The molecule has 5 heteroatoms. The summed E-state index contributed by atoms with van der Waals surface area (Å²) in [6, 6.07) is 8.63. The first-order valence-electron chi connectivity index (χ1n) is 7.33. The minimum absolute atomic E-state index is 0.846. The number of aromatic nitrogens is 2. The normalized spacial score (nSPS) is 14.2. The smallest absolute Gasteiger partial charge is 0.138 e. The predicted molar refractivity (Wildman–Crippen MR) is 91.7 cm³/mol. The second-order valence-electron chi connectivity index (χ2n) is 5.53.